The molecule has 4 rings (SSSR count). The van der Waals surface area contributed by atoms with E-state index in [1.54, 1.807) is 39.0 Å². The van der Waals surface area contributed by atoms with Crippen LogP contribution in [0.15, 0.2) is 77.8 Å². The highest BCUT2D eigenvalue weighted by molar-refractivity contribution is 7.91. The summed E-state index contributed by atoms with van der Waals surface area (Å²) in [6, 6.07) is 20.5. The number of hydrogen-bond donors (Lipinski definition) is 2. The summed E-state index contributed by atoms with van der Waals surface area (Å²) >= 11 is 0. The van der Waals surface area contributed by atoms with Crippen LogP contribution in [0.2, 0.25) is 0 Å². The van der Waals surface area contributed by atoms with E-state index in [0.29, 0.717) is 5.56 Å². The van der Waals surface area contributed by atoms with Crippen LogP contribution in [-0.4, -0.2) is 31.8 Å². The first-order chi connectivity index (χ1) is 17.0. The Morgan fingerprint density at radius 2 is 1.64 bits per heavy atom. The number of aliphatic hydroxyl groups is 1. The van der Waals surface area contributed by atoms with Crippen molar-refractivity contribution in [1.29, 1.82) is 0 Å². The molecule has 0 saturated carbocycles. The minimum Gasteiger partial charge on any atom is -0.456 e. The van der Waals surface area contributed by atoms with E-state index in [9.17, 15) is 17.9 Å². The minimum atomic E-state index is -4.03. The molecule has 2 atom stereocenters. The van der Waals surface area contributed by atoms with Crippen LogP contribution >= 0.6 is 0 Å². The normalized spacial score (nSPS) is 22.4. The lowest BCUT2D eigenvalue weighted by molar-refractivity contribution is 0.0381. The molecule has 36 heavy (non-hydrogen) atoms. The third kappa shape index (κ3) is 4.51. The average molecular weight is 511 g/mol. The molecular formula is C28H31FN2O4S. The maximum atomic E-state index is 14.4. The first kappa shape index (κ1) is 25.9. The minimum absolute atomic E-state index is 0.105. The second-order valence-corrected chi connectivity index (χ2v) is 11.7. The number of nitrogens with one attached hydrogen (secondary N) is 1. The molecule has 3 aromatic rings. The molecule has 6 nitrogen and oxygen atoms in total. The lowest BCUT2D eigenvalue weighted by atomic mass is 9.84. The molecule has 1 heterocycles. The summed E-state index contributed by atoms with van der Waals surface area (Å²) in [4.78, 5) is 4.37. The first-order valence-corrected chi connectivity index (χ1v) is 13.3. The predicted octanol–water partition coefficient (Wildman–Crippen LogP) is 5.22. The van der Waals surface area contributed by atoms with Crippen molar-refractivity contribution < 1.29 is 22.7 Å². The number of hydrogen-bond acceptors (Lipinski definition) is 5. The van der Waals surface area contributed by atoms with Crippen LogP contribution in [0, 0.1) is 12.7 Å². The topological polar surface area (TPSA) is 88.0 Å². The second-order valence-electron chi connectivity index (χ2n) is 9.63. The van der Waals surface area contributed by atoms with Crippen molar-refractivity contribution in [2.24, 2.45) is 4.99 Å². The predicted molar refractivity (Wildman–Crippen MR) is 139 cm³/mol. The molecule has 8 heteroatoms. The number of benzene rings is 3. The molecule has 190 valence electrons. The van der Waals surface area contributed by atoms with Gasteiger partial charge in [-0.2, -0.15) is 0 Å². The SMILES string of the molecule is Cc1ccccc1-c1ccc(C2(C)C(C)(C)OC(=N[C@@H](CCO)c3ccccc3F)NS2(=O)=O)cc1. The van der Waals surface area contributed by atoms with E-state index < -0.39 is 32.2 Å². The smallest absolute Gasteiger partial charge is 0.299 e. The van der Waals surface area contributed by atoms with Crippen molar-refractivity contribution >= 4 is 16.0 Å². The van der Waals surface area contributed by atoms with E-state index in [2.05, 4.69) is 9.71 Å². The molecule has 1 saturated heterocycles. The molecule has 0 spiro atoms. The third-order valence-corrected chi connectivity index (χ3v) is 9.34. The Morgan fingerprint density at radius 1 is 1.00 bits per heavy atom. The van der Waals surface area contributed by atoms with Crippen LogP contribution in [0.5, 0.6) is 0 Å². The van der Waals surface area contributed by atoms with Gasteiger partial charge in [-0.05, 0) is 62.4 Å². The van der Waals surface area contributed by atoms with Crippen molar-refractivity contribution in [3.63, 3.8) is 0 Å². The van der Waals surface area contributed by atoms with E-state index in [1.165, 1.54) is 6.07 Å². The number of halogens is 1. The number of aryl methyl sites for hydroxylation is 1. The van der Waals surface area contributed by atoms with Crippen LogP contribution in [0.25, 0.3) is 11.1 Å². The lowest BCUT2D eigenvalue weighted by Crippen LogP contribution is -2.63. The highest BCUT2D eigenvalue weighted by atomic mass is 32.2. The van der Waals surface area contributed by atoms with E-state index >= 15 is 0 Å². The molecule has 3 aromatic carbocycles. The van der Waals surface area contributed by atoms with Crippen molar-refractivity contribution in [3.05, 3.63) is 95.3 Å². The van der Waals surface area contributed by atoms with Crippen molar-refractivity contribution in [2.75, 3.05) is 6.61 Å². The van der Waals surface area contributed by atoms with Crippen molar-refractivity contribution in [2.45, 2.75) is 50.5 Å². The van der Waals surface area contributed by atoms with E-state index in [1.807, 2.05) is 55.5 Å². The van der Waals surface area contributed by atoms with Gasteiger partial charge in [0.25, 0.3) is 6.02 Å². The fourth-order valence-corrected chi connectivity index (χ4v) is 6.28. The maximum absolute atomic E-state index is 14.4. The van der Waals surface area contributed by atoms with Crippen LogP contribution in [0.4, 0.5) is 4.39 Å². The summed E-state index contributed by atoms with van der Waals surface area (Å²) in [5.41, 5.74) is 2.78. The zero-order valence-corrected chi connectivity index (χ0v) is 21.6. The zero-order chi connectivity index (χ0) is 26.1. The molecule has 0 bridgehead atoms. The Bertz CT molecular complexity index is 1390. The summed E-state index contributed by atoms with van der Waals surface area (Å²) in [6.07, 6.45) is 0.105. The first-order valence-electron chi connectivity index (χ1n) is 11.8. The number of aliphatic imine (C=N–C) groups is 1. The van der Waals surface area contributed by atoms with Gasteiger partial charge < -0.3 is 9.84 Å². The molecule has 1 fully saturated rings. The Kier molecular flexibility index (Phi) is 6.94. The van der Waals surface area contributed by atoms with Gasteiger partial charge in [0.1, 0.15) is 11.4 Å². The van der Waals surface area contributed by atoms with E-state index in [4.69, 9.17) is 4.74 Å². The Morgan fingerprint density at radius 3 is 2.25 bits per heavy atom. The number of rotatable bonds is 6. The van der Waals surface area contributed by atoms with Crippen LogP contribution < -0.4 is 4.72 Å². The van der Waals surface area contributed by atoms with Crippen LogP contribution in [-0.2, 0) is 19.5 Å². The molecule has 0 amide bonds. The number of sulfonamides is 1. The number of aliphatic hydroxyl groups excluding tert-OH is 1. The number of amidine groups is 1. The molecule has 1 aliphatic rings. The standard InChI is InChI=1S/C28H31FN2O4S/c1-19-9-5-6-10-22(19)20-13-15-21(16-14-20)28(4)27(2,3)35-26(31-36(28,33)34)30-25(17-18-32)23-11-7-8-12-24(23)29/h5-16,25,32H,17-18H2,1-4H3,(H,30,31)/t25-,28?/m0/s1. The lowest BCUT2D eigenvalue weighted by Gasteiger charge is -2.47. The van der Waals surface area contributed by atoms with Crippen molar-refractivity contribution in [3.8, 4) is 11.1 Å². The van der Waals surface area contributed by atoms with Gasteiger partial charge in [-0.25, -0.2) is 22.5 Å². The Hall–Kier alpha value is -3.23. The monoisotopic (exact) mass is 510 g/mol. The molecule has 2 N–H and O–H groups in total. The molecule has 1 unspecified atom stereocenters. The summed E-state index contributed by atoms with van der Waals surface area (Å²) < 4.78 is 48.9. The Balaban J connectivity index is 1.70. The highest BCUT2D eigenvalue weighted by Crippen LogP contribution is 2.45. The van der Waals surface area contributed by atoms with Gasteiger partial charge in [-0.15, -0.1) is 0 Å². The van der Waals surface area contributed by atoms with Gasteiger partial charge in [0.2, 0.25) is 10.0 Å². The second kappa shape index (κ2) is 9.67. The fourth-order valence-electron chi connectivity index (χ4n) is 4.62. The van der Waals surface area contributed by atoms with E-state index in [0.717, 1.165) is 16.7 Å². The molecule has 0 aliphatic carbocycles. The molecular weight excluding hydrogens is 479 g/mol. The quantitative estimate of drug-likeness (QED) is 0.476. The van der Waals surface area contributed by atoms with Gasteiger partial charge in [0.15, 0.2) is 4.75 Å². The fraction of sp³-hybridized carbons (Fsp3) is 0.321. The average Bonchev–Trinajstić information content (AvgIpc) is 2.82. The summed E-state index contributed by atoms with van der Waals surface area (Å²) in [5, 5.41) is 9.51. The number of nitrogens with zero attached hydrogens (tertiary/aromatic N) is 1. The summed E-state index contributed by atoms with van der Waals surface area (Å²) in [7, 11) is -4.03. The van der Waals surface area contributed by atoms with E-state index in [-0.39, 0.29) is 24.6 Å². The van der Waals surface area contributed by atoms with Gasteiger partial charge >= 0.3 is 0 Å². The van der Waals surface area contributed by atoms with Gasteiger partial charge in [-0.3, -0.25) is 0 Å². The van der Waals surface area contributed by atoms with Gasteiger partial charge in [0, 0.05) is 12.2 Å². The van der Waals surface area contributed by atoms with Gasteiger partial charge in [0.05, 0.1) is 6.04 Å². The summed E-state index contributed by atoms with van der Waals surface area (Å²) in [5.74, 6) is -0.489. The highest BCUT2D eigenvalue weighted by Gasteiger charge is 2.59. The van der Waals surface area contributed by atoms with Crippen molar-refractivity contribution in [1.82, 2.24) is 4.72 Å². The van der Waals surface area contributed by atoms with Crippen LogP contribution in [0.3, 0.4) is 0 Å². The number of ether oxygens (including phenoxy) is 1. The largest absolute Gasteiger partial charge is 0.456 e. The molecule has 0 aromatic heterocycles. The third-order valence-electron chi connectivity index (χ3n) is 7.09. The maximum Gasteiger partial charge on any atom is 0.299 e. The zero-order valence-electron chi connectivity index (χ0n) is 20.8. The Labute approximate surface area is 211 Å². The summed E-state index contributed by atoms with van der Waals surface area (Å²) in [6.45, 7) is 6.79. The van der Waals surface area contributed by atoms with Crippen LogP contribution in [0.1, 0.15) is 49.9 Å². The van der Waals surface area contributed by atoms with Gasteiger partial charge in [-0.1, -0.05) is 66.7 Å². The molecule has 1 aliphatic heterocycles. The molecule has 0 radical (unpaired) electrons.